The van der Waals surface area contributed by atoms with Crippen molar-refractivity contribution >= 4 is 35.2 Å². The molecule has 3 rings (SSSR count). The van der Waals surface area contributed by atoms with E-state index >= 15 is 0 Å². The molecule has 0 fully saturated rings. The van der Waals surface area contributed by atoms with Crippen molar-refractivity contribution in [1.82, 2.24) is 4.90 Å². The molecule has 156 valence electrons. The fourth-order valence-corrected chi connectivity index (χ4v) is 3.29. The molecule has 1 unspecified atom stereocenters. The number of carbonyl (C=O) groups excluding carboxylic acids is 3. The summed E-state index contributed by atoms with van der Waals surface area (Å²) < 4.78 is 0. The van der Waals surface area contributed by atoms with Gasteiger partial charge in [-0.05, 0) is 35.4 Å². The molecule has 2 aromatic rings. The highest BCUT2D eigenvalue weighted by molar-refractivity contribution is 5.96. The van der Waals surface area contributed by atoms with Crippen molar-refractivity contribution in [3.05, 3.63) is 65.9 Å². The highest BCUT2D eigenvalue weighted by Crippen LogP contribution is 2.33. The van der Waals surface area contributed by atoms with Gasteiger partial charge in [0.15, 0.2) is 0 Å². The summed E-state index contributed by atoms with van der Waals surface area (Å²) in [5.41, 5.74) is 2.62. The van der Waals surface area contributed by atoms with Crippen molar-refractivity contribution in [3.8, 4) is 0 Å². The van der Waals surface area contributed by atoms with E-state index in [-0.39, 0.29) is 30.2 Å². The predicted molar refractivity (Wildman–Crippen MR) is 119 cm³/mol. The minimum Gasteiger partial charge on any atom is -0.326 e. The number of anilines is 2. The molecule has 0 saturated carbocycles. The standard InChI is InChI=1S/C24H27N3O3/c1-16(28)27-13-12-17-8-5-6-11-20(17)21(27)15-22(29)25-18-9-7-10-19(14-18)26-23(30)24(2,3)4/h5-14,21H,15H2,1-4H3,(H,25,29)(H,26,30). The number of nitrogens with zero attached hydrogens (tertiary/aromatic N) is 1. The van der Waals surface area contributed by atoms with E-state index in [0.29, 0.717) is 11.4 Å². The van der Waals surface area contributed by atoms with E-state index < -0.39 is 5.41 Å². The second kappa shape index (κ2) is 8.53. The number of hydrogen-bond acceptors (Lipinski definition) is 3. The van der Waals surface area contributed by atoms with E-state index in [1.54, 1.807) is 35.4 Å². The Bertz CT molecular complexity index is 1000. The van der Waals surface area contributed by atoms with Crippen LogP contribution >= 0.6 is 0 Å². The summed E-state index contributed by atoms with van der Waals surface area (Å²) in [7, 11) is 0. The average Bonchev–Trinajstić information content (AvgIpc) is 2.67. The third kappa shape index (κ3) is 4.95. The summed E-state index contributed by atoms with van der Waals surface area (Å²) in [6.07, 6.45) is 3.73. The molecule has 0 aromatic heterocycles. The molecule has 0 bridgehead atoms. The molecule has 0 saturated heterocycles. The van der Waals surface area contributed by atoms with Crippen LogP contribution in [0.4, 0.5) is 11.4 Å². The quantitative estimate of drug-likeness (QED) is 0.782. The van der Waals surface area contributed by atoms with Crippen LogP contribution in [-0.4, -0.2) is 22.6 Å². The highest BCUT2D eigenvalue weighted by atomic mass is 16.2. The molecule has 1 atom stereocenters. The Morgan fingerprint density at radius 3 is 2.30 bits per heavy atom. The Kier molecular flexibility index (Phi) is 6.06. The fourth-order valence-electron chi connectivity index (χ4n) is 3.29. The third-order valence-corrected chi connectivity index (χ3v) is 4.93. The zero-order chi connectivity index (χ0) is 21.9. The Balaban J connectivity index is 1.73. The van der Waals surface area contributed by atoms with Gasteiger partial charge in [0, 0.05) is 29.9 Å². The first-order valence-corrected chi connectivity index (χ1v) is 9.92. The van der Waals surface area contributed by atoms with Crippen molar-refractivity contribution < 1.29 is 14.4 Å². The lowest BCUT2D eigenvalue weighted by Crippen LogP contribution is -2.33. The largest absolute Gasteiger partial charge is 0.326 e. The molecule has 0 spiro atoms. The number of nitrogens with one attached hydrogen (secondary N) is 2. The minimum atomic E-state index is -0.517. The maximum atomic E-state index is 12.8. The summed E-state index contributed by atoms with van der Waals surface area (Å²) in [4.78, 5) is 38.7. The van der Waals surface area contributed by atoms with Crippen molar-refractivity contribution in [1.29, 1.82) is 0 Å². The van der Waals surface area contributed by atoms with Crippen LogP contribution < -0.4 is 10.6 Å². The van der Waals surface area contributed by atoms with Crippen LogP contribution in [0, 0.1) is 5.41 Å². The SMILES string of the molecule is CC(=O)N1C=Cc2ccccc2C1CC(=O)Nc1cccc(NC(=O)C(C)(C)C)c1. The molecule has 3 amide bonds. The molecular weight excluding hydrogens is 378 g/mol. The van der Waals surface area contributed by atoms with E-state index in [2.05, 4.69) is 10.6 Å². The molecule has 1 aliphatic rings. The maximum absolute atomic E-state index is 12.8. The van der Waals surface area contributed by atoms with Gasteiger partial charge in [-0.3, -0.25) is 14.4 Å². The number of rotatable bonds is 4. The Morgan fingerprint density at radius 1 is 0.967 bits per heavy atom. The van der Waals surface area contributed by atoms with Gasteiger partial charge in [0.05, 0.1) is 12.5 Å². The van der Waals surface area contributed by atoms with Crippen LogP contribution in [0.15, 0.2) is 54.7 Å². The molecule has 30 heavy (non-hydrogen) atoms. The number of carbonyl (C=O) groups is 3. The summed E-state index contributed by atoms with van der Waals surface area (Å²) >= 11 is 0. The van der Waals surface area contributed by atoms with Crippen LogP contribution in [0.25, 0.3) is 6.08 Å². The van der Waals surface area contributed by atoms with Crippen LogP contribution in [0.5, 0.6) is 0 Å². The normalized spacial score (nSPS) is 15.3. The van der Waals surface area contributed by atoms with Crippen LogP contribution in [0.3, 0.4) is 0 Å². The number of fused-ring (bicyclic) bond motifs is 1. The van der Waals surface area contributed by atoms with Gasteiger partial charge in [0.25, 0.3) is 0 Å². The Morgan fingerprint density at radius 2 is 1.63 bits per heavy atom. The summed E-state index contributed by atoms with van der Waals surface area (Å²) in [6, 6.07) is 14.4. The lowest BCUT2D eigenvalue weighted by molar-refractivity contribution is -0.129. The number of hydrogen-bond donors (Lipinski definition) is 2. The van der Waals surface area contributed by atoms with Gasteiger partial charge >= 0.3 is 0 Å². The average molecular weight is 405 g/mol. The minimum absolute atomic E-state index is 0.103. The molecule has 1 aliphatic heterocycles. The molecule has 6 nitrogen and oxygen atoms in total. The second-order valence-corrected chi connectivity index (χ2v) is 8.42. The van der Waals surface area contributed by atoms with Gasteiger partial charge in [-0.1, -0.05) is 51.1 Å². The molecule has 2 aromatic carbocycles. The third-order valence-electron chi connectivity index (χ3n) is 4.93. The predicted octanol–water partition coefficient (Wildman–Crippen LogP) is 4.57. The molecule has 0 aliphatic carbocycles. The lowest BCUT2D eigenvalue weighted by Gasteiger charge is -2.32. The monoisotopic (exact) mass is 405 g/mol. The fraction of sp³-hybridized carbons (Fsp3) is 0.292. The van der Waals surface area contributed by atoms with Gasteiger partial charge < -0.3 is 15.5 Å². The zero-order valence-corrected chi connectivity index (χ0v) is 17.7. The molecule has 2 N–H and O–H groups in total. The van der Waals surface area contributed by atoms with Crippen LogP contribution in [0.2, 0.25) is 0 Å². The molecule has 0 radical (unpaired) electrons. The van der Waals surface area contributed by atoms with Gasteiger partial charge in [0.1, 0.15) is 0 Å². The van der Waals surface area contributed by atoms with Gasteiger partial charge in [-0.15, -0.1) is 0 Å². The smallest absolute Gasteiger partial charge is 0.229 e. The topological polar surface area (TPSA) is 78.5 Å². The lowest BCUT2D eigenvalue weighted by atomic mass is 9.93. The molecule has 1 heterocycles. The second-order valence-electron chi connectivity index (χ2n) is 8.42. The summed E-state index contributed by atoms with van der Waals surface area (Å²) in [5, 5.41) is 5.74. The Hall–Kier alpha value is -3.41. The van der Waals surface area contributed by atoms with Crippen LogP contribution in [0.1, 0.15) is 51.3 Å². The van der Waals surface area contributed by atoms with Gasteiger partial charge in [-0.2, -0.15) is 0 Å². The first-order chi connectivity index (χ1) is 14.1. The van der Waals surface area contributed by atoms with E-state index in [9.17, 15) is 14.4 Å². The summed E-state index contributed by atoms with van der Waals surface area (Å²) in [6.45, 7) is 7.01. The first-order valence-electron chi connectivity index (χ1n) is 9.92. The Labute approximate surface area is 177 Å². The van der Waals surface area contributed by atoms with E-state index in [0.717, 1.165) is 11.1 Å². The highest BCUT2D eigenvalue weighted by Gasteiger charge is 2.28. The van der Waals surface area contributed by atoms with Gasteiger partial charge in [0.2, 0.25) is 17.7 Å². The van der Waals surface area contributed by atoms with Crippen LogP contribution in [-0.2, 0) is 14.4 Å². The van der Waals surface area contributed by atoms with Crippen molar-refractivity contribution in [2.24, 2.45) is 5.41 Å². The molecular formula is C24H27N3O3. The number of amides is 3. The van der Waals surface area contributed by atoms with Crippen molar-refractivity contribution in [2.75, 3.05) is 10.6 Å². The van der Waals surface area contributed by atoms with Crippen molar-refractivity contribution in [3.63, 3.8) is 0 Å². The maximum Gasteiger partial charge on any atom is 0.229 e. The van der Waals surface area contributed by atoms with E-state index in [1.807, 2.05) is 51.1 Å². The summed E-state index contributed by atoms with van der Waals surface area (Å²) in [5.74, 6) is -0.435. The molecule has 6 heteroatoms. The zero-order valence-electron chi connectivity index (χ0n) is 17.7. The van der Waals surface area contributed by atoms with E-state index in [4.69, 9.17) is 0 Å². The van der Waals surface area contributed by atoms with Crippen molar-refractivity contribution in [2.45, 2.75) is 40.2 Å². The number of benzene rings is 2. The first kappa shape index (κ1) is 21.3. The van der Waals surface area contributed by atoms with Gasteiger partial charge in [-0.25, -0.2) is 0 Å². The van der Waals surface area contributed by atoms with E-state index in [1.165, 1.54) is 6.92 Å².